The molecular formula is C19H17N3O3S. The van der Waals surface area contributed by atoms with Crippen LogP contribution in [0.5, 0.6) is 5.75 Å². The van der Waals surface area contributed by atoms with Crippen molar-refractivity contribution in [3.05, 3.63) is 76.8 Å². The largest absolute Gasteiger partial charge is 0.489 e. The molecule has 0 unspecified atom stereocenters. The van der Waals surface area contributed by atoms with Gasteiger partial charge in [-0.25, -0.2) is 4.98 Å². The van der Waals surface area contributed by atoms with Crippen LogP contribution >= 0.6 is 11.3 Å². The summed E-state index contributed by atoms with van der Waals surface area (Å²) in [7, 11) is 0. The highest BCUT2D eigenvalue weighted by atomic mass is 32.1. The van der Waals surface area contributed by atoms with E-state index >= 15 is 0 Å². The first-order valence-corrected chi connectivity index (χ1v) is 8.79. The zero-order valence-corrected chi connectivity index (χ0v) is 14.7. The van der Waals surface area contributed by atoms with Crippen molar-refractivity contribution in [2.45, 2.75) is 13.0 Å². The van der Waals surface area contributed by atoms with Gasteiger partial charge in [-0.15, -0.1) is 11.3 Å². The van der Waals surface area contributed by atoms with Crippen LogP contribution in [0.1, 0.15) is 21.6 Å². The Balaban J connectivity index is 1.56. The fourth-order valence-corrected chi connectivity index (χ4v) is 2.93. The number of ether oxygens (including phenoxy) is 1. The number of hydrogen-bond acceptors (Lipinski definition) is 5. The maximum Gasteiger partial charge on any atom is 0.257 e. The Morgan fingerprint density at radius 3 is 2.50 bits per heavy atom. The summed E-state index contributed by atoms with van der Waals surface area (Å²) in [5, 5.41) is 4.85. The number of aromatic nitrogens is 1. The lowest BCUT2D eigenvalue weighted by Crippen LogP contribution is -2.14. The van der Waals surface area contributed by atoms with Crippen LogP contribution in [-0.4, -0.2) is 16.8 Å². The van der Waals surface area contributed by atoms with Crippen LogP contribution in [-0.2, 0) is 17.8 Å². The topological polar surface area (TPSA) is 94.3 Å². The Morgan fingerprint density at radius 2 is 1.81 bits per heavy atom. The normalized spacial score (nSPS) is 10.3. The van der Waals surface area contributed by atoms with Gasteiger partial charge in [0.15, 0.2) is 5.13 Å². The molecule has 3 N–H and O–H groups in total. The highest BCUT2D eigenvalue weighted by molar-refractivity contribution is 7.14. The van der Waals surface area contributed by atoms with Gasteiger partial charge in [-0.05, 0) is 29.8 Å². The summed E-state index contributed by atoms with van der Waals surface area (Å²) in [4.78, 5) is 27.3. The molecule has 1 heterocycles. The van der Waals surface area contributed by atoms with Gasteiger partial charge in [0.1, 0.15) is 12.4 Å². The smallest absolute Gasteiger partial charge is 0.257 e. The average molecular weight is 367 g/mol. The van der Waals surface area contributed by atoms with Gasteiger partial charge < -0.3 is 10.5 Å². The molecule has 0 saturated carbocycles. The molecule has 132 valence electrons. The molecule has 0 aliphatic heterocycles. The van der Waals surface area contributed by atoms with Crippen LogP contribution < -0.4 is 15.8 Å². The summed E-state index contributed by atoms with van der Waals surface area (Å²) in [6, 6.07) is 16.7. The van der Waals surface area contributed by atoms with E-state index in [2.05, 4.69) is 10.3 Å². The van der Waals surface area contributed by atoms with E-state index in [-0.39, 0.29) is 12.3 Å². The molecule has 0 radical (unpaired) electrons. The van der Waals surface area contributed by atoms with Gasteiger partial charge in [-0.1, -0.05) is 30.3 Å². The van der Waals surface area contributed by atoms with E-state index in [9.17, 15) is 9.59 Å². The monoisotopic (exact) mass is 367 g/mol. The fourth-order valence-electron chi connectivity index (χ4n) is 2.23. The van der Waals surface area contributed by atoms with Crippen molar-refractivity contribution in [3.63, 3.8) is 0 Å². The summed E-state index contributed by atoms with van der Waals surface area (Å²) in [5.74, 6) is 0.0758. The number of nitrogens with one attached hydrogen (secondary N) is 1. The number of hydrogen-bond donors (Lipinski definition) is 2. The van der Waals surface area contributed by atoms with Gasteiger partial charge in [-0.3, -0.25) is 14.9 Å². The summed E-state index contributed by atoms with van der Waals surface area (Å²) < 4.78 is 5.68. The quantitative estimate of drug-likeness (QED) is 0.671. The number of primary amides is 1. The molecule has 0 aliphatic carbocycles. The summed E-state index contributed by atoms with van der Waals surface area (Å²) in [6.07, 6.45) is 0.0580. The summed E-state index contributed by atoms with van der Waals surface area (Å²) in [6.45, 7) is 0.425. The molecule has 1 aromatic heterocycles. The van der Waals surface area contributed by atoms with Gasteiger partial charge in [0, 0.05) is 10.9 Å². The SMILES string of the molecule is NC(=O)Cc1csc(NC(=O)c2ccc(COc3ccccc3)cc2)n1. The molecule has 2 amide bonds. The minimum absolute atomic E-state index is 0.0580. The number of amides is 2. The molecule has 3 rings (SSSR count). The number of carbonyl (C=O) groups is 2. The number of anilines is 1. The van der Waals surface area contributed by atoms with Crippen LogP contribution in [0.2, 0.25) is 0 Å². The van der Waals surface area contributed by atoms with Crippen molar-refractivity contribution in [2.24, 2.45) is 5.73 Å². The van der Waals surface area contributed by atoms with Gasteiger partial charge >= 0.3 is 0 Å². The van der Waals surface area contributed by atoms with Crippen LogP contribution in [0.25, 0.3) is 0 Å². The number of thiazole rings is 1. The lowest BCUT2D eigenvalue weighted by Gasteiger charge is -2.07. The molecule has 0 atom stereocenters. The first kappa shape index (κ1) is 17.6. The summed E-state index contributed by atoms with van der Waals surface area (Å²) >= 11 is 1.25. The van der Waals surface area contributed by atoms with Gasteiger partial charge in [-0.2, -0.15) is 0 Å². The molecule has 0 spiro atoms. The van der Waals surface area contributed by atoms with Crippen LogP contribution in [0.3, 0.4) is 0 Å². The fraction of sp³-hybridized carbons (Fsp3) is 0.105. The maximum atomic E-state index is 12.3. The third-order valence-electron chi connectivity index (χ3n) is 3.49. The molecule has 3 aromatic rings. The summed E-state index contributed by atoms with van der Waals surface area (Å²) in [5.41, 5.74) is 7.15. The van der Waals surface area contributed by atoms with E-state index in [1.165, 1.54) is 11.3 Å². The lowest BCUT2D eigenvalue weighted by molar-refractivity contribution is -0.117. The number of para-hydroxylation sites is 1. The Bertz CT molecular complexity index is 892. The molecule has 0 fully saturated rings. The number of rotatable bonds is 7. The van der Waals surface area contributed by atoms with E-state index in [0.29, 0.717) is 23.0 Å². The zero-order chi connectivity index (χ0) is 18.4. The van der Waals surface area contributed by atoms with Crippen LogP contribution in [0.4, 0.5) is 5.13 Å². The molecule has 7 heteroatoms. The Labute approximate surface area is 154 Å². The third-order valence-corrected chi connectivity index (χ3v) is 4.30. The molecule has 26 heavy (non-hydrogen) atoms. The number of benzene rings is 2. The first-order chi connectivity index (χ1) is 12.6. The average Bonchev–Trinajstić information content (AvgIpc) is 3.07. The standard InChI is InChI=1S/C19H17N3O3S/c20-17(23)10-15-12-26-19(21-15)22-18(24)14-8-6-13(7-9-14)11-25-16-4-2-1-3-5-16/h1-9,12H,10-11H2,(H2,20,23)(H,21,22,24). The van der Waals surface area contributed by atoms with Crippen molar-refractivity contribution in [1.29, 1.82) is 0 Å². The molecule has 0 aliphatic rings. The van der Waals surface area contributed by atoms with Crippen molar-refractivity contribution in [3.8, 4) is 5.75 Å². The first-order valence-electron chi connectivity index (χ1n) is 7.91. The van der Waals surface area contributed by atoms with Crippen molar-refractivity contribution in [1.82, 2.24) is 4.98 Å². The van der Waals surface area contributed by atoms with E-state index in [1.807, 2.05) is 42.5 Å². The van der Waals surface area contributed by atoms with Crippen molar-refractivity contribution >= 4 is 28.3 Å². The molecule has 2 aromatic carbocycles. The van der Waals surface area contributed by atoms with Crippen LogP contribution in [0.15, 0.2) is 60.0 Å². The highest BCUT2D eigenvalue weighted by Gasteiger charge is 2.10. The Hall–Kier alpha value is -3.19. The Morgan fingerprint density at radius 1 is 1.08 bits per heavy atom. The Kier molecular flexibility index (Phi) is 5.60. The molecule has 6 nitrogen and oxygen atoms in total. The predicted molar refractivity (Wildman–Crippen MR) is 100 cm³/mol. The number of carbonyl (C=O) groups excluding carboxylic acids is 2. The third kappa shape index (κ3) is 4.90. The van der Waals surface area contributed by atoms with Crippen molar-refractivity contribution < 1.29 is 14.3 Å². The van der Waals surface area contributed by atoms with Crippen molar-refractivity contribution in [2.75, 3.05) is 5.32 Å². The molecule has 0 bridgehead atoms. The second-order valence-electron chi connectivity index (χ2n) is 5.54. The van der Waals surface area contributed by atoms with Crippen LogP contribution in [0, 0.1) is 0 Å². The second kappa shape index (κ2) is 8.26. The van der Waals surface area contributed by atoms with E-state index in [1.54, 1.807) is 17.5 Å². The minimum atomic E-state index is -0.457. The minimum Gasteiger partial charge on any atom is -0.489 e. The highest BCUT2D eigenvalue weighted by Crippen LogP contribution is 2.17. The number of nitrogens with two attached hydrogens (primary N) is 1. The molecular weight excluding hydrogens is 350 g/mol. The van der Waals surface area contributed by atoms with E-state index in [0.717, 1.165) is 11.3 Å². The zero-order valence-electron chi connectivity index (χ0n) is 13.8. The maximum absolute atomic E-state index is 12.3. The van der Waals surface area contributed by atoms with E-state index < -0.39 is 5.91 Å². The number of nitrogens with zero attached hydrogens (tertiary/aromatic N) is 1. The molecule has 0 saturated heterocycles. The van der Waals surface area contributed by atoms with Gasteiger partial charge in [0.05, 0.1) is 12.1 Å². The predicted octanol–water partition coefficient (Wildman–Crippen LogP) is 3.00. The lowest BCUT2D eigenvalue weighted by atomic mass is 10.1. The van der Waals surface area contributed by atoms with Gasteiger partial charge in [0.25, 0.3) is 5.91 Å². The van der Waals surface area contributed by atoms with E-state index in [4.69, 9.17) is 10.5 Å². The second-order valence-corrected chi connectivity index (χ2v) is 6.40. The van der Waals surface area contributed by atoms with Gasteiger partial charge in [0.2, 0.25) is 5.91 Å².